The first-order valence-electron chi connectivity index (χ1n) is 6.54. The molecule has 1 heterocycles. The number of ether oxygens (including phenoxy) is 1. The normalized spacial score (nSPS) is 10.2. The van der Waals surface area contributed by atoms with Crippen LogP contribution in [0.25, 0.3) is 0 Å². The van der Waals surface area contributed by atoms with Crippen molar-refractivity contribution in [3.63, 3.8) is 0 Å². The molecule has 4 nitrogen and oxygen atoms in total. The molecule has 0 unspecified atom stereocenters. The van der Waals surface area contributed by atoms with Crippen LogP contribution in [0.4, 0.5) is 5.69 Å². The van der Waals surface area contributed by atoms with Gasteiger partial charge in [0.1, 0.15) is 17.2 Å². The Morgan fingerprint density at radius 2 is 2.00 bits per heavy atom. The summed E-state index contributed by atoms with van der Waals surface area (Å²) in [6, 6.07) is 11.2. The van der Waals surface area contributed by atoms with Crippen molar-refractivity contribution in [3.05, 3.63) is 48.3 Å². The molecule has 0 saturated carbocycles. The number of pyridine rings is 1. The van der Waals surface area contributed by atoms with E-state index in [1.54, 1.807) is 18.3 Å². The van der Waals surface area contributed by atoms with Crippen molar-refractivity contribution in [1.82, 2.24) is 4.98 Å². The van der Waals surface area contributed by atoms with E-state index in [2.05, 4.69) is 4.98 Å². The first-order chi connectivity index (χ1) is 9.60. The van der Waals surface area contributed by atoms with Gasteiger partial charge in [0.15, 0.2) is 5.78 Å². The Morgan fingerprint density at radius 3 is 2.60 bits per heavy atom. The van der Waals surface area contributed by atoms with E-state index in [-0.39, 0.29) is 5.78 Å². The smallest absolute Gasteiger partial charge is 0.180 e. The van der Waals surface area contributed by atoms with Gasteiger partial charge in [-0.15, -0.1) is 0 Å². The fourth-order valence-corrected chi connectivity index (χ4v) is 1.75. The number of carbonyl (C=O) groups is 1. The summed E-state index contributed by atoms with van der Waals surface area (Å²) < 4.78 is 5.74. The van der Waals surface area contributed by atoms with E-state index in [1.165, 1.54) is 0 Å². The Balaban J connectivity index is 2.14. The quantitative estimate of drug-likeness (QED) is 0.779. The summed E-state index contributed by atoms with van der Waals surface area (Å²) in [5.74, 6) is 1.40. The molecule has 2 rings (SSSR count). The highest BCUT2D eigenvalue weighted by molar-refractivity contribution is 5.93. The van der Waals surface area contributed by atoms with E-state index in [4.69, 9.17) is 4.74 Å². The molecule has 0 atom stereocenters. The number of hydrogen-bond acceptors (Lipinski definition) is 4. The van der Waals surface area contributed by atoms with Crippen molar-refractivity contribution < 1.29 is 9.53 Å². The van der Waals surface area contributed by atoms with E-state index >= 15 is 0 Å². The lowest BCUT2D eigenvalue weighted by molar-refractivity contribution is 0.0983. The molecule has 0 saturated heterocycles. The number of carbonyl (C=O) groups excluding carboxylic acids is 1. The largest absolute Gasteiger partial charge is 0.456 e. The van der Waals surface area contributed by atoms with E-state index in [0.29, 0.717) is 17.9 Å². The molecule has 1 aromatic carbocycles. The fourth-order valence-electron chi connectivity index (χ4n) is 1.75. The minimum absolute atomic E-state index is 0.0335. The number of rotatable bonds is 5. The number of Topliss-reactive ketones (excluding diaryl/α,β-unsaturated/α-hetero) is 1. The lowest BCUT2D eigenvalue weighted by Crippen LogP contribution is -2.08. The molecule has 0 aliphatic heterocycles. The number of aromatic nitrogens is 1. The van der Waals surface area contributed by atoms with Gasteiger partial charge in [-0.25, -0.2) is 4.98 Å². The summed E-state index contributed by atoms with van der Waals surface area (Å²) in [5.41, 5.74) is 1.54. The van der Waals surface area contributed by atoms with Crippen molar-refractivity contribution in [2.45, 2.75) is 13.3 Å². The summed E-state index contributed by atoms with van der Waals surface area (Å²) >= 11 is 0. The lowest BCUT2D eigenvalue weighted by atomic mass is 10.2. The van der Waals surface area contributed by atoms with E-state index in [0.717, 1.165) is 11.4 Å². The summed E-state index contributed by atoms with van der Waals surface area (Å²) in [6.07, 6.45) is 2.03. The van der Waals surface area contributed by atoms with Gasteiger partial charge in [-0.05, 0) is 24.3 Å². The van der Waals surface area contributed by atoms with Gasteiger partial charge < -0.3 is 9.64 Å². The molecule has 0 N–H and O–H groups in total. The standard InChI is InChI=1S/C16H18N2O2/c1-4-16(19)15-9-8-14(11-17-15)20-13-7-5-6-12(10-13)18(2)3/h5-11H,4H2,1-3H3. The topological polar surface area (TPSA) is 42.4 Å². The second-order valence-electron chi connectivity index (χ2n) is 4.65. The van der Waals surface area contributed by atoms with E-state index < -0.39 is 0 Å². The number of anilines is 1. The Kier molecular flexibility index (Phi) is 4.35. The highest BCUT2D eigenvalue weighted by atomic mass is 16.5. The zero-order valence-corrected chi connectivity index (χ0v) is 12.0. The minimum Gasteiger partial charge on any atom is -0.456 e. The van der Waals surface area contributed by atoms with Crippen LogP contribution >= 0.6 is 0 Å². The van der Waals surface area contributed by atoms with Crippen LogP contribution in [-0.2, 0) is 0 Å². The SMILES string of the molecule is CCC(=O)c1ccc(Oc2cccc(N(C)C)c2)cn1. The van der Waals surface area contributed by atoms with Gasteiger partial charge >= 0.3 is 0 Å². The van der Waals surface area contributed by atoms with Crippen LogP contribution in [0, 0.1) is 0 Å². The Morgan fingerprint density at radius 1 is 1.20 bits per heavy atom. The Bertz CT molecular complexity index is 592. The molecule has 2 aromatic rings. The molecule has 0 spiro atoms. The number of nitrogens with zero attached hydrogens (tertiary/aromatic N) is 2. The molecule has 0 aliphatic carbocycles. The molecular formula is C16H18N2O2. The van der Waals surface area contributed by atoms with Gasteiger partial charge in [0.2, 0.25) is 0 Å². The summed E-state index contributed by atoms with van der Waals surface area (Å²) in [5, 5.41) is 0. The summed E-state index contributed by atoms with van der Waals surface area (Å²) in [6.45, 7) is 1.82. The molecular weight excluding hydrogens is 252 g/mol. The average molecular weight is 270 g/mol. The van der Waals surface area contributed by atoms with Crippen LogP contribution in [0.15, 0.2) is 42.6 Å². The van der Waals surface area contributed by atoms with Crippen LogP contribution in [0.3, 0.4) is 0 Å². The van der Waals surface area contributed by atoms with E-state index in [9.17, 15) is 4.79 Å². The number of hydrogen-bond donors (Lipinski definition) is 0. The van der Waals surface area contributed by atoms with Crippen molar-refractivity contribution in [2.24, 2.45) is 0 Å². The predicted octanol–water partition coefficient (Wildman–Crippen LogP) is 3.53. The van der Waals surface area contributed by atoms with Gasteiger partial charge in [-0.1, -0.05) is 13.0 Å². The van der Waals surface area contributed by atoms with Crippen LogP contribution in [0.2, 0.25) is 0 Å². The third-order valence-corrected chi connectivity index (χ3v) is 2.91. The minimum atomic E-state index is 0.0335. The van der Waals surface area contributed by atoms with Gasteiger partial charge in [0, 0.05) is 32.3 Å². The predicted molar refractivity (Wildman–Crippen MR) is 79.7 cm³/mol. The molecule has 0 fully saturated rings. The van der Waals surface area contributed by atoms with Gasteiger partial charge in [0.25, 0.3) is 0 Å². The van der Waals surface area contributed by atoms with Crippen LogP contribution in [0.5, 0.6) is 11.5 Å². The first kappa shape index (κ1) is 14.1. The highest BCUT2D eigenvalue weighted by Crippen LogP contribution is 2.24. The van der Waals surface area contributed by atoms with Crippen molar-refractivity contribution >= 4 is 11.5 Å². The molecule has 104 valence electrons. The van der Waals surface area contributed by atoms with Crippen molar-refractivity contribution in [3.8, 4) is 11.5 Å². The Hall–Kier alpha value is -2.36. The highest BCUT2D eigenvalue weighted by Gasteiger charge is 2.05. The van der Waals surface area contributed by atoms with Gasteiger partial charge in [0.05, 0.1) is 6.20 Å². The van der Waals surface area contributed by atoms with Crippen molar-refractivity contribution in [1.29, 1.82) is 0 Å². The first-order valence-corrected chi connectivity index (χ1v) is 6.54. The molecule has 1 aromatic heterocycles. The van der Waals surface area contributed by atoms with Crippen molar-refractivity contribution in [2.75, 3.05) is 19.0 Å². The third-order valence-electron chi connectivity index (χ3n) is 2.91. The summed E-state index contributed by atoms with van der Waals surface area (Å²) in [4.78, 5) is 17.6. The van der Waals surface area contributed by atoms with Crippen LogP contribution in [-0.4, -0.2) is 24.9 Å². The number of benzene rings is 1. The zero-order valence-electron chi connectivity index (χ0n) is 12.0. The molecule has 4 heteroatoms. The van der Waals surface area contributed by atoms with Gasteiger partial charge in [-0.3, -0.25) is 4.79 Å². The maximum Gasteiger partial charge on any atom is 0.180 e. The molecule has 20 heavy (non-hydrogen) atoms. The average Bonchev–Trinajstić information content (AvgIpc) is 2.47. The molecule has 0 bridgehead atoms. The maximum atomic E-state index is 11.5. The molecule has 0 aliphatic rings. The molecule has 0 radical (unpaired) electrons. The van der Waals surface area contributed by atoms with E-state index in [1.807, 2.05) is 50.2 Å². The fraction of sp³-hybridized carbons (Fsp3) is 0.250. The second kappa shape index (κ2) is 6.19. The third kappa shape index (κ3) is 3.35. The van der Waals surface area contributed by atoms with Gasteiger partial charge in [-0.2, -0.15) is 0 Å². The second-order valence-corrected chi connectivity index (χ2v) is 4.65. The molecule has 0 amide bonds. The van der Waals surface area contributed by atoms with Crippen LogP contribution in [0.1, 0.15) is 23.8 Å². The lowest BCUT2D eigenvalue weighted by Gasteiger charge is -2.13. The number of ketones is 1. The van der Waals surface area contributed by atoms with Crippen LogP contribution < -0.4 is 9.64 Å². The maximum absolute atomic E-state index is 11.5. The monoisotopic (exact) mass is 270 g/mol. The Labute approximate surface area is 119 Å². The summed E-state index contributed by atoms with van der Waals surface area (Å²) in [7, 11) is 3.96. The zero-order chi connectivity index (χ0) is 14.5.